The van der Waals surface area contributed by atoms with Crippen molar-refractivity contribution in [1.82, 2.24) is 4.90 Å². The van der Waals surface area contributed by atoms with Crippen LogP contribution in [0, 0.1) is 0 Å². The van der Waals surface area contributed by atoms with E-state index < -0.39 is 0 Å². The number of likely N-dealkylation sites (N-methyl/N-ethyl adjacent to an activating group) is 1. The lowest BCUT2D eigenvalue weighted by Gasteiger charge is -2.13. The Morgan fingerprint density at radius 2 is 2.27 bits per heavy atom. The van der Waals surface area contributed by atoms with Crippen LogP contribution in [0.25, 0.3) is 0 Å². The van der Waals surface area contributed by atoms with Gasteiger partial charge >= 0.3 is 0 Å². The van der Waals surface area contributed by atoms with E-state index in [1.54, 1.807) is 28.8 Å². The van der Waals surface area contributed by atoms with Crippen LogP contribution in [0.4, 0.5) is 0 Å². The van der Waals surface area contributed by atoms with Crippen molar-refractivity contribution in [3.8, 4) is 0 Å². The Balaban J connectivity index is 3.64. The Morgan fingerprint density at radius 3 is 2.73 bits per heavy atom. The average Bonchev–Trinajstić information content (AvgIpc) is 2.00. The fourth-order valence-corrected chi connectivity index (χ4v) is 1.06. The van der Waals surface area contributed by atoms with Gasteiger partial charge in [0, 0.05) is 19.3 Å². The van der Waals surface area contributed by atoms with E-state index in [-0.39, 0.29) is 5.91 Å². The Morgan fingerprint density at radius 1 is 1.64 bits per heavy atom. The van der Waals surface area contributed by atoms with Crippen LogP contribution in [0.1, 0.15) is 6.92 Å². The van der Waals surface area contributed by atoms with Crippen molar-refractivity contribution >= 4 is 17.7 Å². The second kappa shape index (κ2) is 6.28. The second-order valence-electron chi connectivity index (χ2n) is 2.25. The van der Waals surface area contributed by atoms with Crippen molar-refractivity contribution in [3.05, 3.63) is 12.2 Å². The third-order valence-electron chi connectivity index (χ3n) is 1.32. The van der Waals surface area contributed by atoms with E-state index in [4.69, 9.17) is 0 Å². The van der Waals surface area contributed by atoms with Crippen molar-refractivity contribution in [2.45, 2.75) is 6.92 Å². The normalized spacial score (nSPS) is 10.5. The molecular weight excluding hydrogens is 158 g/mol. The molecule has 0 aliphatic heterocycles. The molecule has 11 heavy (non-hydrogen) atoms. The number of rotatable bonds is 4. The van der Waals surface area contributed by atoms with Gasteiger partial charge in [-0.15, -0.1) is 0 Å². The molecular formula is C8H15NOS. The van der Waals surface area contributed by atoms with Gasteiger partial charge in [0.1, 0.15) is 0 Å². The lowest BCUT2D eigenvalue weighted by atomic mass is 10.4. The number of nitrogens with zero attached hydrogens (tertiary/aromatic N) is 1. The first kappa shape index (κ1) is 10.6. The summed E-state index contributed by atoms with van der Waals surface area (Å²) in [6, 6.07) is 0. The zero-order valence-corrected chi connectivity index (χ0v) is 8.15. The van der Waals surface area contributed by atoms with Crippen molar-refractivity contribution in [2.24, 2.45) is 0 Å². The molecule has 0 radical (unpaired) electrons. The summed E-state index contributed by atoms with van der Waals surface area (Å²) < 4.78 is 0. The number of allylic oxidation sites excluding steroid dienone is 1. The summed E-state index contributed by atoms with van der Waals surface area (Å²) in [5.74, 6) is 1.08. The SMILES string of the molecule is C/C=C/C(=O)N(C)CCSC. The lowest BCUT2D eigenvalue weighted by Crippen LogP contribution is -2.26. The Labute approximate surface area is 72.6 Å². The third kappa shape index (κ3) is 4.90. The first-order chi connectivity index (χ1) is 5.22. The first-order valence-electron chi connectivity index (χ1n) is 3.59. The van der Waals surface area contributed by atoms with Gasteiger partial charge in [0.05, 0.1) is 0 Å². The zero-order valence-electron chi connectivity index (χ0n) is 7.33. The summed E-state index contributed by atoms with van der Waals surface area (Å²) in [6.07, 6.45) is 5.38. The third-order valence-corrected chi connectivity index (χ3v) is 1.91. The number of amides is 1. The molecule has 0 aromatic carbocycles. The molecule has 1 amide bonds. The molecule has 0 unspecified atom stereocenters. The molecule has 0 aromatic rings. The molecule has 0 heterocycles. The summed E-state index contributed by atoms with van der Waals surface area (Å²) in [6.45, 7) is 2.67. The van der Waals surface area contributed by atoms with Gasteiger partial charge in [0.25, 0.3) is 0 Å². The van der Waals surface area contributed by atoms with Crippen LogP contribution in [0.5, 0.6) is 0 Å². The van der Waals surface area contributed by atoms with E-state index in [1.165, 1.54) is 0 Å². The molecule has 0 aromatic heterocycles. The van der Waals surface area contributed by atoms with Crippen LogP contribution >= 0.6 is 11.8 Å². The van der Waals surface area contributed by atoms with Crippen LogP contribution in [-0.2, 0) is 4.79 Å². The number of hydrogen-bond acceptors (Lipinski definition) is 2. The van der Waals surface area contributed by atoms with E-state index >= 15 is 0 Å². The van der Waals surface area contributed by atoms with E-state index in [2.05, 4.69) is 0 Å². The molecule has 0 spiro atoms. The molecule has 2 nitrogen and oxygen atoms in total. The maximum Gasteiger partial charge on any atom is 0.245 e. The minimum atomic E-state index is 0.0848. The molecule has 0 saturated heterocycles. The zero-order chi connectivity index (χ0) is 8.69. The molecule has 0 saturated carbocycles. The van der Waals surface area contributed by atoms with Crippen molar-refractivity contribution in [1.29, 1.82) is 0 Å². The Hall–Kier alpha value is -0.440. The highest BCUT2D eigenvalue weighted by molar-refractivity contribution is 7.98. The highest BCUT2D eigenvalue weighted by Gasteiger charge is 2.01. The first-order valence-corrected chi connectivity index (χ1v) is 4.98. The number of carbonyl (C=O) groups is 1. The molecule has 0 atom stereocenters. The molecule has 0 N–H and O–H groups in total. The predicted octanol–water partition coefficient (Wildman–Crippen LogP) is 1.38. The van der Waals surface area contributed by atoms with Crippen LogP contribution < -0.4 is 0 Å². The van der Waals surface area contributed by atoms with Crippen molar-refractivity contribution < 1.29 is 4.79 Å². The van der Waals surface area contributed by atoms with Crippen LogP contribution in [0.2, 0.25) is 0 Å². The van der Waals surface area contributed by atoms with Gasteiger partial charge in [-0.1, -0.05) is 6.08 Å². The van der Waals surface area contributed by atoms with Crippen LogP contribution in [-0.4, -0.2) is 36.4 Å². The van der Waals surface area contributed by atoms with Crippen LogP contribution in [0.15, 0.2) is 12.2 Å². The minimum Gasteiger partial charge on any atom is -0.341 e. The monoisotopic (exact) mass is 173 g/mol. The topological polar surface area (TPSA) is 20.3 Å². The van der Waals surface area contributed by atoms with E-state index in [0.29, 0.717) is 0 Å². The summed E-state index contributed by atoms with van der Waals surface area (Å²) in [5, 5.41) is 0. The molecule has 0 aliphatic carbocycles. The molecule has 0 rings (SSSR count). The summed E-state index contributed by atoms with van der Waals surface area (Å²) in [5.41, 5.74) is 0. The molecule has 3 heteroatoms. The van der Waals surface area contributed by atoms with Gasteiger partial charge in [-0.3, -0.25) is 4.79 Å². The Kier molecular flexibility index (Phi) is 6.03. The smallest absolute Gasteiger partial charge is 0.245 e. The maximum atomic E-state index is 11.1. The highest BCUT2D eigenvalue weighted by Crippen LogP contribution is 1.94. The lowest BCUT2D eigenvalue weighted by molar-refractivity contribution is -0.124. The van der Waals surface area contributed by atoms with Crippen molar-refractivity contribution in [2.75, 3.05) is 25.6 Å². The molecule has 0 aliphatic rings. The fourth-order valence-electron chi connectivity index (χ4n) is 0.608. The molecule has 64 valence electrons. The van der Waals surface area contributed by atoms with Gasteiger partial charge in [-0.2, -0.15) is 11.8 Å². The van der Waals surface area contributed by atoms with Crippen LogP contribution in [0.3, 0.4) is 0 Å². The second-order valence-corrected chi connectivity index (χ2v) is 3.24. The molecule has 0 bridgehead atoms. The average molecular weight is 173 g/mol. The van der Waals surface area contributed by atoms with Gasteiger partial charge in [0.2, 0.25) is 5.91 Å². The fraction of sp³-hybridized carbons (Fsp3) is 0.625. The predicted molar refractivity (Wildman–Crippen MR) is 50.8 cm³/mol. The number of carbonyl (C=O) groups excluding carboxylic acids is 1. The van der Waals surface area contributed by atoms with E-state index in [9.17, 15) is 4.79 Å². The van der Waals surface area contributed by atoms with Gasteiger partial charge in [0.15, 0.2) is 0 Å². The van der Waals surface area contributed by atoms with Gasteiger partial charge in [-0.25, -0.2) is 0 Å². The minimum absolute atomic E-state index is 0.0848. The van der Waals surface area contributed by atoms with E-state index in [0.717, 1.165) is 12.3 Å². The van der Waals surface area contributed by atoms with Gasteiger partial charge in [-0.05, 0) is 19.3 Å². The summed E-state index contributed by atoms with van der Waals surface area (Å²) >= 11 is 1.75. The number of hydrogen-bond donors (Lipinski definition) is 0. The molecule has 0 fully saturated rings. The quantitative estimate of drug-likeness (QED) is 0.599. The largest absolute Gasteiger partial charge is 0.341 e. The standard InChI is InChI=1S/C8H15NOS/c1-4-5-8(10)9(2)6-7-11-3/h4-5H,6-7H2,1-3H3/b5-4+. The summed E-state index contributed by atoms with van der Waals surface area (Å²) in [4.78, 5) is 12.8. The highest BCUT2D eigenvalue weighted by atomic mass is 32.2. The van der Waals surface area contributed by atoms with Gasteiger partial charge < -0.3 is 4.90 Å². The maximum absolute atomic E-state index is 11.1. The van der Waals surface area contributed by atoms with Crippen molar-refractivity contribution in [3.63, 3.8) is 0 Å². The Bertz CT molecular complexity index is 145. The van der Waals surface area contributed by atoms with E-state index in [1.807, 2.05) is 20.2 Å². The summed E-state index contributed by atoms with van der Waals surface area (Å²) in [7, 11) is 1.82. The number of thioether (sulfide) groups is 1.